The molecule has 3 heterocycles. The Morgan fingerprint density at radius 1 is 1.03 bits per heavy atom. The number of para-hydroxylation sites is 2. The molecule has 2 aliphatic heterocycles. The predicted octanol–water partition coefficient (Wildman–Crippen LogP) is 4.84. The predicted molar refractivity (Wildman–Crippen MR) is 127 cm³/mol. The maximum atomic E-state index is 13.5. The molecular formula is C27H33N3O3. The monoisotopic (exact) mass is 447 g/mol. The van der Waals surface area contributed by atoms with Crippen molar-refractivity contribution in [2.75, 3.05) is 6.61 Å². The summed E-state index contributed by atoms with van der Waals surface area (Å²) in [4.78, 5) is 33.1. The molecule has 2 aromatic rings. The average molecular weight is 448 g/mol. The van der Waals surface area contributed by atoms with E-state index >= 15 is 0 Å². The number of carbonyl (C=O) groups is 1. The summed E-state index contributed by atoms with van der Waals surface area (Å²) in [6.07, 6.45) is 13.5. The molecule has 2 saturated heterocycles. The molecule has 0 spiro atoms. The Bertz CT molecular complexity index is 1140. The topological polar surface area (TPSA) is 64.4 Å². The van der Waals surface area contributed by atoms with E-state index in [1.54, 1.807) is 12.5 Å². The van der Waals surface area contributed by atoms with Crippen molar-refractivity contribution < 1.29 is 9.53 Å². The van der Waals surface area contributed by atoms with Crippen LogP contribution in [0.2, 0.25) is 0 Å². The Morgan fingerprint density at radius 2 is 1.73 bits per heavy atom. The number of hydrogen-bond acceptors (Lipinski definition) is 5. The summed E-state index contributed by atoms with van der Waals surface area (Å²) in [6.45, 7) is 1.98. The molecular weight excluding hydrogens is 414 g/mol. The van der Waals surface area contributed by atoms with E-state index in [4.69, 9.17) is 4.74 Å². The number of esters is 1. The largest absolute Gasteiger partial charge is 0.461 e. The van der Waals surface area contributed by atoms with Crippen molar-refractivity contribution in [3.05, 3.63) is 52.1 Å². The van der Waals surface area contributed by atoms with Gasteiger partial charge in [-0.2, -0.15) is 0 Å². The van der Waals surface area contributed by atoms with Crippen molar-refractivity contribution in [2.45, 2.75) is 82.8 Å². The number of carbonyl (C=O) groups excluding carboxylic acids is 1. The number of piperidine rings is 2. The van der Waals surface area contributed by atoms with Crippen molar-refractivity contribution in [3.8, 4) is 0 Å². The Morgan fingerprint density at radius 3 is 2.42 bits per heavy atom. The Kier molecular flexibility index (Phi) is 5.27. The van der Waals surface area contributed by atoms with E-state index in [9.17, 15) is 9.59 Å². The molecule has 2 aliphatic carbocycles. The zero-order valence-corrected chi connectivity index (χ0v) is 19.4. The molecule has 0 N–H and O–H groups in total. The lowest BCUT2D eigenvalue weighted by Crippen LogP contribution is -2.51. The number of hydrogen-bond donors (Lipinski definition) is 0. The highest BCUT2D eigenvalue weighted by Crippen LogP contribution is 2.51. The van der Waals surface area contributed by atoms with Crippen LogP contribution in [0.15, 0.2) is 40.8 Å². The molecule has 6 nitrogen and oxygen atoms in total. The molecule has 4 aliphatic rings. The fourth-order valence-electron chi connectivity index (χ4n) is 7.01. The van der Waals surface area contributed by atoms with Crippen LogP contribution in [-0.2, 0) is 4.74 Å². The van der Waals surface area contributed by atoms with Gasteiger partial charge in [0.25, 0.3) is 5.56 Å². The number of aromatic nitrogens is 2. The zero-order chi connectivity index (χ0) is 22.5. The van der Waals surface area contributed by atoms with Crippen molar-refractivity contribution in [3.63, 3.8) is 0 Å². The van der Waals surface area contributed by atoms with Gasteiger partial charge in [0.1, 0.15) is 0 Å². The molecule has 5 atom stereocenters. The van der Waals surface area contributed by atoms with Crippen LogP contribution in [0.25, 0.3) is 11.0 Å². The van der Waals surface area contributed by atoms with Crippen LogP contribution in [0.1, 0.15) is 81.2 Å². The quantitative estimate of drug-likeness (QED) is 0.628. The van der Waals surface area contributed by atoms with Crippen LogP contribution >= 0.6 is 0 Å². The molecule has 0 amide bonds. The van der Waals surface area contributed by atoms with E-state index in [1.165, 1.54) is 44.9 Å². The summed E-state index contributed by atoms with van der Waals surface area (Å²) >= 11 is 0. The second-order valence-corrected chi connectivity index (χ2v) is 10.3. The molecule has 0 radical (unpaired) electrons. The average Bonchev–Trinajstić information content (AvgIpc) is 2.82. The fourth-order valence-corrected chi connectivity index (χ4v) is 7.01. The minimum absolute atomic E-state index is 0.0735. The lowest BCUT2D eigenvalue weighted by Gasteiger charge is -2.52. The van der Waals surface area contributed by atoms with Crippen LogP contribution in [0, 0.1) is 11.8 Å². The van der Waals surface area contributed by atoms with Gasteiger partial charge < -0.3 is 14.2 Å². The van der Waals surface area contributed by atoms with Gasteiger partial charge in [0, 0.05) is 18.1 Å². The summed E-state index contributed by atoms with van der Waals surface area (Å²) in [5.74, 6) is 1.02. The van der Waals surface area contributed by atoms with E-state index in [1.807, 2.05) is 28.8 Å². The zero-order valence-electron chi connectivity index (χ0n) is 19.4. The molecule has 2 unspecified atom stereocenters. The van der Waals surface area contributed by atoms with Gasteiger partial charge in [-0.3, -0.25) is 4.79 Å². The second kappa shape index (κ2) is 8.30. The Balaban J connectivity index is 1.36. The van der Waals surface area contributed by atoms with Crippen LogP contribution < -0.4 is 5.56 Å². The SMILES string of the molecule is CCOC(=O)c1nc2ccccc2n([C@H]2C[C@H]3CCC[C@@H](C2)N3C=C2C3CCCC2C3)c1=O. The van der Waals surface area contributed by atoms with E-state index < -0.39 is 5.97 Å². The number of fused-ring (bicyclic) bond motifs is 5. The van der Waals surface area contributed by atoms with E-state index in [0.29, 0.717) is 17.6 Å². The lowest BCUT2D eigenvalue weighted by atomic mass is 9.61. The maximum Gasteiger partial charge on any atom is 0.362 e. The first-order chi connectivity index (χ1) is 16.1. The summed E-state index contributed by atoms with van der Waals surface area (Å²) in [7, 11) is 0. The summed E-state index contributed by atoms with van der Waals surface area (Å²) in [5, 5.41) is 0. The third-order valence-corrected chi connectivity index (χ3v) is 8.55. The van der Waals surface area contributed by atoms with Crippen LogP contribution in [0.5, 0.6) is 0 Å². The molecule has 1 aromatic carbocycles. The summed E-state index contributed by atoms with van der Waals surface area (Å²) in [5.41, 5.74) is 2.80. The smallest absolute Gasteiger partial charge is 0.362 e. The number of nitrogens with zero attached hydrogens (tertiary/aromatic N) is 3. The van der Waals surface area contributed by atoms with Crippen LogP contribution in [0.4, 0.5) is 0 Å². The van der Waals surface area contributed by atoms with Gasteiger partial charge in [-0.15, -0.1) is 0 Å². The Labute approximate surface area is 194 Å². The first-order valence-electron chi connectivity index (χ1n) is 12.8. The van der Waals surface area contributed by atoms with Gasteiger partial charge in [-0.05, 0) is 94.0 Å². The van der Waals surface area contributed by atoms with Gasteiger partial charge in [0.2, 0.25) is 5.69 Å². The molecule has 174 valence electrons. The van der Waals surface area contributed by atoms with Crippen LogP contribution in [0.3, 0.4) is 0 Å². The normalized spacial score (nSPS) is 30.6. The van der Waals surface area contributed by atoms with E-state index in [2.05, 4.69) is 16.1 Å². The lowest BCUT2D eigenvalue weighted by molar-refractivity contribution is 0.0499. The van der Waals surface area contributed by atoms with E-state index in [0.717, 1.165) is 30.2 Å². The van der Waals surface area contributed by atoms with Crippen molar-refractivity contribution in [1.29, 1.82) is 0 Å². The van der Waals surface area contributed by atoms with E-state index in [-0.39, 0.29) is 23.9 Å². The van der Waals surface area contributed by atoms with Crippen molar-refractivity contribution in [2.24, 2.45) is 11.8 Å². The first kappa shape index (κ1) is 20.9. The molecule has 2 saturated carbocycles. The standard InChI is InChI=1S/C27H33N3O3/c1-2-33-27(32)25-26(31)30(24-12-4-3-11-23(24)28-25)21-14-19-9-6-10-20(15-21)29(19)16-22-17-7-5-8-18(22)13-17/h3-4,11-12,16-21H,2,5-10,13-15H2,1H3/t17?,18?,19-,20+,21+. The molecule has 6 heteroatoms. The van der Waals surface area contributed by atoms with Crippen molar-refractivity contribution >= 4 is 17.0 Å². The number of allylic oxidation sites excluding steroid dienone is 1. The minimum Gasteiger partial charge on any atom is -0.461 e. The number of rotatable bonds is 4. The molecule has 6 rings (SSSR count). The van der Waals surface area contributed by atoms with Gasteiger partial charge in [-0.1, -0.05) is 18.6 Å². The Hall–Kier alpha value is -2.63. The number of benzene rings is 1. The highest BCUT2D eigenvalue weighted by molar-refractivity contribution is 5.89. The number of ether oxygens (including phenoxy) is 1. The first-order valence-corrected chi connectivity index (χ1v) is 12.8. The third kappa shape index (κ3) is 3.49. The van der Waals surface area contributed by atoms with Crippen molar-refractivity contribution in [1.82, 2.24) is 14.5 Å². The van der Waals surface area contributed by atoms with Gasteiger partial charge >= 0.3 is 5.97 Å². The molecule has 1 aromatic heterocycles. The summed E-state index contributed by atoms with van der Waals surface area (Å²) in [6, 6.07) is 8.67. The summed E-state index contributed by atoms with van der Waals surface area (Å²) < 4.78 is 7.02. The van der Waals surface area contributed by atoms with Gasteiger partial charge in [0.05, 0.1) is 17.6 Å². The van der Waals surface area contributed by atoms with Gasteiger partial charge in [0.15, 0.2) is 0 Å². The molecule has 4 fully saturated rings. The highest BCUT2D eigenvalue weighted by atomic mass is 16.5. The molecule has 4 bridgehead atoms. The second-order valence-electron chi connectivity index (χ2n) is 10.3. The minimum atomic E-state index is -0.624. The fraction of sp³-hybridized carbons (Fsp3) is 0.593. The third-order valence-electron chi connectivity index (χ3n) is 8.55. The van der Waals surface area contributed by atoms with Gasteiger partial charge in [-0.25, -0.2) is 9.78 Å². The maximum absolute atomic E-state index is 13.5. The van der Waals surface area contributed by atoms with Crippen LogP contribution in [-0.4, -0.2) is 39.1 Å². The molecule has 33 heavy (non-hydrogen) atoms. The highest BCUT2D eigenvalue weighted by Gasteiger charge is 2.42.